The molecule has 0 spiro atoms. The molecule has 4 rings (SSSR count). The first-order valence-corrected chi connectivity index (χ1v) is 9.64. The van der Waals surface area contributed by atoms with Crippen LogP contribution in [-0.4, -0.2) is 13.0 Å². The van der Waals surface area contributed by atoms with Gasteiger partial charge in [-0.2, -0.15) is 0 Å². The lowest BCUT2D eigenvalue weighted by atomic mass is 10.1. The van der Waals surface area contributed by atoms with Gasteiger partial charge in [-0.05, 0) is 61.9 Å². The molecule has 0 radical (unpaired) electrons. The molecular weight excluding hydrogens is 376 g/mol. The summed E-state index contributed by atoms with van der Waals surface area (Å²) in [6.45, 7) is 3.99. The highest BCUT2D eigenvalue weighted by molar-refractivity contribution is 6.05. The number of rotatable bonds is 4. The van der Waals surface area contributed by atoms with Crippen molar-refractivity contribution in [2.75, 3.05) is 12.4 Å². The van der Waals surface area contributed by atoms with Crippen LogP contribution in [0.2, 0.25) is 0 Å². The van der Waals surface area contributed by atoms with Crippen molar-refractivity contribution in [1.29, 1.82) is 0 Å². The van der Waals surface area contributed by atoms with Gasteiger partial charge in [0, 0.05) is 11.1 Å². The van der Waals surface area contributed by atoms with Crippen LogP contribution in [0.25, 0.3) is 11.0 Å². The molecule has 0 atom stereocenters. The third-order valence-electron chi connectivity index (χ3n) is 4.83. The maximum atomic E-state index is 13.2. The summed E-state index contributed by atoms with van der Waals surface area (Å²) < 4.78 is 11.2. The maximum Gasteiger partial charge on any atom is 0.261 e. The van der Waals surface area contributed by atoms with Gasteiger partial charge in [0.05, 0.1) is 12.8 Å². The minimum atomic E-state index is -0.274. The number of anilines is 1. The average Bonchev–Trinajstić information content (AvgIpc) is 2.75. The number of hydrogen-bond acceptors (Lipinski definition) is 4. The highest BCUT2D eigenvalue weighted by atomic mass is 16.5. The van der Waals surface area contributed by atoms with Gasteiger partial charge in [-0.15, -0.1) is 0 Å². The van der Waals surface area contributed by atoms with Crippen LogP contribution in [0, 0.1) is 13.8 Å². The number of methoxy groups -OCH3 is 1. The summed E-state index contributed by atoms with van der Waals surface area (Å²) in [4.78, 5) is 17.7. The molecule has 1 amide bonds. The topological polar surface area (TPSA) is 63.8 Å². The van der Waals surface area contributed by atoms with Gasteiger partial charge in [0.1, 0.15) is 16.9 Å². The van der Waals surface area contributed by atoms with E-state index in [-0.39, 0.29) is 11.5 Å². The number of hydrogen-bond donors (Lipinski definition) is 1. The maximum absolute atomic E-state index is 13.2. The average molecular weight is 398 g/mol. The fourth-order valence-corrected chi connectivity index (χ4v) is 3.23. The van der Waals surface area contributed by atoms with Gasteiger partial charge in [-0.1, -0.05) is 35.9 Å². The number of carbonyl (C=O) groups excluding carboxylic acids is 1. The number of benzene rings is 3. The quantitative estimate of drug-likeness (QED) is 0.491. The molecule has 1 aromatic heterocycles. The number of nitrogens with one attached hydrogen (secondary N) is 1. The molecule has 0 aliphatic heterocycles. The lowest BCUT2D eigenvalue weighted by Crippen LogP contribution is -2.22. The molecule has 1 heterocycles. The molecule has 4 aromatic rings. The third-order valence-corrected chi connectivity index (χ3v) is 4.83. The first-order chi connectivity index (χ1) is 14.5. The fraction of sp³-hybridized carbons (Fsp3) is 0.120. The monoisotopic (exact) mass is 398 g/mol. The van der Waals surface area contributed by atoms with Crippen molar-refractivity contribution in [1.82, 2.24) is 0 Å². The molecule has 0 aliphatic rings. The van der Waals surface area contributed by atoms with E-state index < -0.39 is 0 Å². The molecule has 1 N–H and O–H groups in total. The number of fused-ring (bicyclic) bond motifs is 1. The van der Waals surface area contributed by atoms with Crippen molar-refractivity contribution in [3.63, 3.8) is 0 Å². The predicted octanol–water partition coefficient (Wildman–Crippen LogP) is 5.54. The molecule has 0 aliphatic carbocycles. The van der Waals surface area contributed by atoms with Gasteiger partial charge in [-0.25, -0.2) is 4.99 Å². The van der Waals surface area contributed by atoms with E-state index in [1.807, 2.05) is 80.6 Å². The zero-order valence-electron chi connectivity index (χ0n) is 17.1. The lowest BCUT2D eigenvalue weighted by molar-refractivity contribution is 0.102. The molecule has 0 fully saturated rings. The van der Waals surface area contributed by atoms with E-state index in [2.05, 4.69) is 10.3 Å². The van der Waals surface area contributed by atoms with Crippen LogP contribution in [0.3, 0.4) is 0 Å². The second-order valence-electron chi connectivity index (χ2n) is 7.09. The third kappa shape index (κ3) is 4.10. The number of ether oxygens (including phenoxy) is 1. The van der Waals surface area contributed by atoms with Crippen molar-refractivity contribution in [2.45, 2.75) is 13.8 Å². The molecule has 0 saturated heterocycles. The van der Waals surface area contributed by atoms with E-state index in [1.165, 1.54) is 0 Å². The molecule has 5 heteroatoms. The summed E-state index contributed by atoms with van der Waals surface area (Å²) in [7, 11) is 1.61. The number of nitrogens with zero attached hydrogens (tertiary/aromatic N) is 1. The Morgan fingerprint density at radius 1 is 0.967 bits per heavy atom. The zero-order valence-corrected chi connectivity index (χ0v) is 17.1. The second-order valence-corrected chi connectivity index (χ2v) is 7.09. The molecule has 3 aromatic carbocycles. The van der Waals surface area contributed by atoms with Crippen LogP contribution in [0.5, 0.6) is 5.75 Å². The van der Waals surface area contributed by atoms with E-state index in [0.29, 0.717) is 16.8 Å². The summed E-state index contributed by atoms with van der Waals surface area (Å²) in [6, 6.07) is 22.5. The van der Waals surface area contributed by atoms with Gasteiger partial charge in [0.25, 0.3) is 5.91 Å². The van der Waals surface area contributed by atoms with Crippen molar-refractivity contribution in [3.05, 3.63) is 95.0 Å². The Bertz CT molecular complexity index is 1290. The minimum absolute atomic E-state index is 0.251. The normalized spacial score (nSPS) is 11.5. The lowest BCUT2D eigenvalue weighted by Gasteiger charge is -2.10. The number of para-hydroxylation sites is 1. The highest BCUT2D eigenvalue weighted by Crippen LogP contribution is 2.20. The van der Waals surface area contributed by atoms with Crippen molar-refractivity contribution >= 4 is 28.3 Å². The SMILES string of the molecule is COc1ccc(N=c2oc3ccccc3cc2C(=O)Nc2ccc(C)cc2C)cc1. The van der Waals surface area contributed by atoms with Gasteiger partial charge in [0.2, 0.25) is 5.55 Å². The number of amides is 1. The van der Waals surface area contributed by atoms with Crippen LogP contribution >= 0.6 is 0 Å². The first kappa shape index (κ1) is 19.5. The van der Waals surface area contributed by atoms with Crippen molar-refractivity contribution < 1.29 is 13.9 Å². The Balaban J connectivity index is 1.81. The van der Waals surface area contributed by atoms with Crippen LogP contribution in [0.1, 0.15) is 21.5 Å². The number of aryl methyl sites for hydroxylation is 2. The standard InChI is InChI=1S/C25H22N2O3/c1-16-8-13-22(17(2)14-16)27-24(28)21-15-18-6-4-5-7-23(18)30-25(21)26-19-9-11-20(29-3)12-10-19/h4-15H,1-3H3,(H,27,28). The highest BCUT2D eigenvalue weighted by Gasteiger charge is 2.14. The van der Waals surface area contributed by atoms with Gasteiger partial charge in [-0.3, -0.25) is 4.79 Å². The molecule has 30 heavy (non-hydrogen) atoms. The second kappa shape index (κ2) is 8.25. The Kier molecular flexibility index (Phi) is 5.35. The fourth-order valence-electron chi connectivity index (χ4n) is 3.23. The molecule has 0 unspecified atom stereocenters. The van der Waals surface area contributed by atoms with E-state index in [1.54, 1.807) is 13.2 Å². The zero-order chi connectivity index (χ0) is 21.1. The van der Waals surface area contributed by atoms with Crippen LogP contribution in [0.15, 0.2) is 82.2 Å². The van der Waals surface area contributed by atoms with E-state index in [9.17, 15) is 4.79 Å². The van der Waals surface area contributed by atoms with Crippen molar-refractivity contribution in [2.24, 2.45) is 4.99 Å². The predicted molar refractivity (Wildman–Crippen MR) is 118 cm³/mol. The van der Waals surface area contributed by atoms with Gasteiger partial charge in [0.15, 0.2) is 0 Å². The van der Waals surface area contributed by atoms with Crippen LogP contribution < -0.4 is 15.6 Å². The summed E-state index contributed by atoms with van der Waals surface area (Å²) >= 11 is 0. The Hall–Kier alpha value is -3.86. The van der Waals surface area contributed by atoms with E-state index >= 15 is 0 Å². The molecule has 0 saturated carbocycles. The summed E-state index contributed by atoms with van der Waals surface area (Å²) in [5, 5.41) is 3.81. The molecule has 5 nitrogen and oxygen atoms in total. The molecule has 150 valence electrons. The summed E-state index contributed by atoms with van der Waals surface area (Å²) in [5.74, 6) is 0.459. The Morgan fingerprint density at radius 3 is 2.47 bits per heavy atom. The Morgan fingerprint density at radius 2 is 1.73 bits per heavy atom. The van der Waals surface area contributed by atoms with Crippen molar-refractivity contribution in [3.8, 4) is 5.75 Å². The molecular formula is C25H22N2O3. The van der Waals surface area contributed by atoms with E-state index in [4.69, 9.17) is 9.15 Å². The van der Waals surface area contributed by atoms with Crippen LogP contribution in [0.4, 0.5) is 11.4 Å². The smallest absolute Gasteiger partial charge is 0.261 e. The first-order valence-electron chi connectivity index (χ1n) is 9.64. The van der Waals surface area contributed by atoms with E-state index in [0.717, 1.165) is 28.0 Å². The summed E-state index contributed by atoms with van der Waals surface area (Å²) in [6.07, 6.45) is 0. The van der Waals surface area contributed by atoms with Gasteiger partial charge >= 0.3 is 0 Å². The Labute approximate surface area is 174 Å². The van der Waals surface area contributed by atoms with Gasteiger partial charge < -0.3 is 14.5 Å². The van der Waals surface area contributed by atoms with Crippen LogP contribution in [-0.2, 0) is 0 Å². The largest absolute Gasteiger partial charge is 0.497 e. The minimum Gasteiger partial charge on any atom is -0.497 e. The molecule has 0 bridgehead atoms. The summed E-state index contributed by atoms with van der Waals surface area (Å²) in [5.41, 5.74) is 4.83. The number of carbonyl (C=O) groups is 1.